The number of carbonyl (C=O) groups is 6. The van der Waals surface area contributed by atoms with Crippen molar-refractivity contribution in [3.8, 4) is 23.0 Å². The van der Waals surface area contributed by atoms with Crippen LogP contribution in [-0.4, -0.2) is 125 Å². The molecule has 12 N–H and O–H groups in total. The van der Waals surface area contributed by atoms with E-state index in [4.69, 9.17) is 46.5 Å². The number of aliphatic hydroxyl groups is 1. The van der Waals surface area contributed by atoms with Crippen LogP contribution in [0.3, 0.4) is 0 Å². The molecule has 70 heavy (non-hydrogen) atoms. The van der Waals surface area contributed by atoms with E-state index in [9.17, 15) is 33.9 Å². The van der Waals surface area contributed by atoms with Gasteiger partial charge in [-0.1, -0.05) is 78.9 Å². The van der Waals surface area contributed by atoms with Crippen molar-refractivity contribution in [2.24, 2.45) is 11.5 Å². The van der Waals surface area contributed by atoms with Gasteiger partial charge in [-0.25, -0.2) is 9.59 Å². The molecule has 0 fully saturated rings. The predicted octanol–water partition coefficient (Wildman–Crippen LogP) is 2.18. The molecule has 5 rings (SSSR count). The number of aliphatic hydroxyl groups excluding tert-OH is 1. The lowest BCUT2D eigenvalue weighted by atomic mass is 10.1. The number of carboxylic acid groups (broad SMARTS) is 1. The number of rotatable bonds is 19. The van der Waals surface area contributed by atoms with E-state index < -0.39 is 66.5 Å². The van der Waals surface area contributed by atoms with E-state index in [1.165, 1.54) is 57.7 Å². The van der Waals surface area contributed by atoms with Gasteiger partial charge >= 0.3 is 23.9 Å². The zero-order valence-corrected chi connectivity index (χ0v) is 38.8. The Kier molecular flexibility index (Phi) is 26.4. The molecule has 20 heteroatoms. The van der Waals surface area contributed by atoms with Crippen LogP contribution in [0.25, 0.3) is 0 Å². The lowest BCUT2D eigenvalue weighted by Crippen LogP contribution is -2.44. The van der Waals surface area contributed by atoms with E-state index in [2.05, 4.69) is 20.1 Å². The summed E-state index contributed by atoms with van der Waals surface area (Å²) in [5, 5.41) is 58.6. The van der Waals surface area contributed by atoms with Crippen LogP contribution in [0.5, 0.6) is 23.0 Å². The number of aliphatic carboxylic acids is 1. The Morgan fingerprint density at radius 1 is 0.471 bits per heavy atom. The molecule has 0 radical (unpaired) electrons. The smallest absolute Gasteiger partial charge is 0.328 e. The van der Waals surface area contributed by atoms with Crippen LogP contribution >= 0.6 is 0 Å². The standard InChI is InChI=1S/C19H21NO5.C12H15NO5.C10H13NO3.C9H11NO3/c1-24-19(23)17(11-14-7-9-16(21)10-8-14)20-18(22)13-25-12-15-5-3-2-4-6-15;1-18-12(17)10(13-11(16)7-14)6-8-2-4-9(15)5-3-8;1-14-10(13)9(11)6-7-2-4-8(12)5-3-7;10-8(9(12)13)5-6-1-3-7(11)4-2-6/h2-10,17,21H,11-13H2,1H3,(H,20,22);2-5,10,14-15H,6-7H2,1H3,(H,13,16);2-5,9,12H,6,11H2,1H3;1-4,8,11H,5,10H2,(H,12,13). The average molecular weight is 973 g/mol. The third kappa shape index (κ3) is 23.6. The molecule has 4 atom stereocenters. The number of benzene rings is 5. The number of nitrogens with one attached hydrogen (secondary N) is 2. The maximum absolute atomic E-state index is 12.0. The van der Waals surface area contributed by atoms with Crippen LogP contribution < -0.4 is 22.1 Å². The summed E-state index contributed by atoms with van der Waals surface area (Å²) in [6.45, 7) is -0.532. The fourth-order valence-electron chi connectivity index (χ4n) is 5.81. The Hall–Kier alpha value is -8.04. The van der Waals surface area contributed by atoms with Gasteiger partial charge in [0, 0.05) is 12.8 Å². The number of esters is 3. The van der Waals surface area contributed by atoms with Crippen molar-refractivity contribution < 1.29 is 78.4 Å². The second-order valence-electron chi connectivity index (χ2n) is 15.0. The van der Waals surface area contributed by atoms with Gasteiger partial charge in [-0.2, -0.15) is 0 Å². The molecule has 0 spiro atoms. The Morgan fingerprint density at radius 2 is 0.814 bits per heavy atom. The first-order valence-electron chi connectivity index (χ1n) is 21.3. The minimum atomic E-state index is -1.02. The number of ether oxygens (including phenoxy) is 4. The van der Waals surface area contributed by atoms with Crippen molar-refractivity contribution >= 4 is 35.7 Å². The van der Waals surface area contributed by atoms with Crippen LogP contribution in [0, 0.1) is 0 Å². The molecular formula is C50H60N4O16. The summed E-state index contributed by atoms with van der Waals surface area (Å²) in [5.74, 6) is -3.02. The van der Waals surface area contributed by atoms with Gasteiger partial charge in [0.1, 0.15) is 60.4 Å². The zero-order chi connectivity index (χ0) is 52.0. The van der Waals surface area contributed by atoms with E-state index >= 15 is 0 Å². The van der Waals surface area contributed by atoms with Crippen LogP contribution in [0.2, 0.25) is 0 Å². The molecule has 5 aromatic carbocycles. The van der Waals surface area contributed by atoms with E-state index in [0.29, 0.717) is 13.0 Å². The fourth-order valence-corrected chi connectivity index (χ4v) is 5.81. The first-order valence-corrected chi connectivity index (χ1v) is 21.3. The first-order chi connectivity index (χ1) is 33.4. The number of hydrogen-bond donors (Lipinski definition) is 10. The second kappa shape index (κ2) is 31.8. The van der Waals surface area contributed by atoms with Gasteiger partial charge in [0.15, 0.2) is 0 Å². The maximum atomic E-state index is 12.0. The van der Waals surface area contributed by atoms with Crippen molar-refractivity contribution in [1.29, 1.82) is 0 Å². The maximum Gasteiger partial charge on any atom is 0.328 e. The number of phenolic OH excluding ortho intramolecular Hbond substituents is 4. The van der Waals surface area contributed by atoms with Crippen LogP contribution in [-0.2, 0) is 80.0 Å². The monoisotopic (exact) mass is 972 g/mol. The third-order valence-electron chi connectivity index (χ3n) is 9.49. The van der Waals surface area contributed by atoms with E-state index in [-0.39, 0.29) is 48.9 Å². The summed E-state index contributed by atoms with van der Waals surface area (Å²) in [5.41, 5.74) is 15.1. The minimum Gasteiger partial charge on any atom is -0.508 e. The largest absolute Gasteiger partial charge is 0.508 e. The molecule has 0 saturated carbocycles. The topological polar surface area (TPSA) is 337 Å². The lowest BCUT2D eigenvalue weighted by molar-refractivity contribution is -0.145. The minimum absolute atomic E-state index is 0.118. The molecule has 20 nitrogen and oxygen atoms in total. The predicted molar refractivity (Wildman–Crippen MR) is 254 cm³/mol. The van der Waals surface area contributed by atoms with Crippen molar-refractivity contribution in [3.63, 3.8) is 0 Å². The molecule has 4 unspecified atom stereocenters. The molecule has 376 valence electrons. The number of amides is 2. The third-order valence-corrected chi connectivity index (χ3v) is 9.49. The summed E-state index contributed by atoms with van der Waals surface area (Å²) in [6, 6.07) is 31.8. The highest BCUT2D eigenvalue weighted by molar-refractivity contribution is 5.86. The van der Waals surface area contributed by atoms with Crippen molar-refractivity contribution in [2.45, 2.75) is 56.5 Å². The number of methoxy groups -OCH3 is 3. The van der Waals surface area contributed by atoms with Gasteiger partial charge in [0.05, 0.1) is 27.9 Å². The number of aromatic hydroxyl groups is 4. The molecule has 2 amide bonds. The second-order valence-corrected chi connectivity index (χ2v) is 15.0. The molecule has 0 bridgehead atoms. The molecule has 0 saturated heterocycles. The van der Waals surface area contributed by atoms with E-state index in [1.54, 1.807) is 60.7 Å². The lowest BCUT2D eigenvalue weighted by Gasteiger charge is -2.16. The molecule has 0 heterocycles. The van der Waals surface area contributed by atoms with E-state index in [1.807, 2.05) is 30.3 Å². The normalized spacial score (nSPS) is 11.9. The van der Waals surface area contributed by atoms with Gasteiger partial charge < -0.3 is 71.7 Å². The molecule has 0 aliphatic carbocycles. The van der Waals surface area contributed by atoms with Gasteiger partial charge in [0.2, 0.25) is 11.8 Å². The summed E-state index contributed by atoms with van der Waals surface area (Å²) in [6.07, 6.45) is 1.17. The molecule has 0 aliphatic heterocycles. The Labute approximate surface area is 404 Å². The number of carboxylic acids is 1. The molecular weight excluding hydrogens is 913 g/mol. The highest BCUT2D eigenvalue weighted by Crippen LogP contribution is 2.15. The summed E-state index contributed by atoms with van der Waals surface area (Å²) >= 11 is 0. The van der Waals surface area contributed by atoms with Crippen molar-refractivity contribution in [1.82, 2.24) is 10.6 Å². The number of nitrogens with two attached hydrogens (primary N) is 2. The number of hydrogen-bond acceptors (Lipinski definition) is 17. The quantitative estimate of drug-likeness (QED) is 0.0419. The summed E-state index contributed by atoms with van der Waals surface area (Å²) in [4.78, 5) is 67.8. The van der Waals surface area contributed by atoms with Crippen LogP contribution in [0.4, 0.5) is 0 Å². The van der Waals surface area contributed by atoms with Gasteiger partial charge in [0.25, 0.3) is 0 Å². The van der Waals surface area contributed by atoms with Crippen molar-refractivity contribution in [3.05, 3.63) is 155 Å². The van der Waals surface area contributed by atoms with Crippen molar-refractivity contribution in [2.75, 3.05) is 34.5 Å². The fraction of sp³-hybridized carbons (Fsp3) is 0.280. The van der Waals surface area contributed by atoms with Gasteiger partial charge in [-0.3, -0.25) is 19.2 Å². The Balaban J connectivity index is 0.000000332. The number of phenols is 4. The molecule has 0 aromatic heterocycles. The zero-order valence-electron chi connectivity index (χ0n) is 38.8. The van der Waals surface area contributed by atoms with Crippen LogP contribution in [0.1, 0.15) is 27.8 Å². The highest BCUT2D eigenvalue weighted by atomic mass is 16.5. The van der Waals surface area contributed by atoms with Crippen LogP contribution in [0.15, 0.2) is 127 Å². The van der Waals surface area contributed by atoms with Gasteiger partial charge in [-0.15, -0.1) is 0 Å². The average Bonchev–Trinajstić information content (AvgIpc) is 3.36. The Bertz CT molecular complexity index is 2350. The first kappa shape index (κ1) is 58.1. The SMILES string of the molecule is COC(=O)C(Cc1ccc(O)cc1)NC(=O)CO.COC(=O)C(Cc1ccc(O)cc1)NC(=O)COCc1ccccc1.COC(=O)C(N)Cc1ccc(O)cc1.NC(Cc1ccc(O)cc1)C(=O)O. The van der Waals surface area contributed by atoms with E-state index in [0.717, 1.165) is 27.8 Å². The van der Waals surface area contributed by atoms with Gasteiger partial charge in [-0.05, 0) is 89.2 Å². The highest BCUT2D eigenvalue weighted by Gasteiger charge is 2.23. The molecule has 5 aromatic rings. The summed E-state index contributed by atoms with van der Waals surface area (Å²) < 4.78 is 19.2. The summed E-state index contributed by atoms with van der Waals surface area (Å²) in [7, 11) is 3.79. The Morgan fingerprint density at radius 3 is 1.16 bits per heavy atom. The molecule has 0 aliphatic rings. The number of carbonyl (C=O) groups excluding carboxylic acids is 5.